The van der Waals surface area contributed by atoms with Crippen molar-refractivity contribution in [2.24, 2.45) is 0 Å². The summed E-state index contributed by atoms with van der Waals surface area (Å²) in [4.78, 5) is 17.3. The fourth-order valence-corrected chi connectivity index (χ4v) is 5.68. The Labute approximate surface area is 179 Å². The van der Waals surface area contributed by atoms with Gasteiger partial charge in [-0.3, -0.25) is 9.69 Å². The Balaban J connectivity index is 1.77. The first kappa shape index (κ1) is 19.6. The van der Waals surface area contributed by atoms with E-state index in [1.165, 1.54) is 45.7 Å². The molecule has 1 aliphatic heterocycles. The van der Waals surface area contributed by atoms with Gasteiger partial charge in [0.25, 0.3) is 5.91 Å². The van der Waals surface area contributed by atoms with E-state index in [2.05, 4.69) is 36.2 Å². The number of anilines is 1. The molecule has 0 aliphatic carbocycles. The molecule has 1 N–H and O–H groups in total. The molecule has 146 valence electrons. The third kappa shape index (κ3) is 3.90. The maximum Gasteiger partial charge on any atom is 0.266 e. The molecule has 0 unspecified atom stereocenters. The van der Waals surface area contributed by atoms with Crippen molar-refractivity contribution in [2.75, 3.05) is 18.4 Å². The van der Waals surface area contributed by atoms with Crippen LogP contribution in [0, 0.1) is 13.8 Å². The van der Waals surface area contributed by atoms with Gasteiger partial charge in [0.15, 0.2) is 0 Å². The lowest BCUT2D eigenvalue weighted by atomic mass is 9.95. The monoisotopic (exact) mass is 430 g/mol. The quantitative estimate of drug-likeness (QED) is 0.499. The van der Waals surface area contributed by atoms with Crippen molar-refractivity contribution in [1.82, 2.24) is 4.90 Å². The normalized spacial score (nSPS) is 15.7. The molecule has 3 aromatic rings. The predicted octanol–water partition coefficient (Wildman–Crippen LogP) is 6.52. The molecule has 1 aromatic carbocycles. The van der Waals surface area contributed by atoms with E-state index in [0.717, 1.165) is 28.0 Å². The fraction of sp³-hybridized carbons (Fsp3) is 0.318. The molecule has 0 saturated carbocycles. The number of rotatable bonds is 5. The number of benzene rings is 1. The zero-order chi connectivity index (χ0) is 19.7. The summed E-state index contributed by atoms with van der Waals surface area (Å²) in [5.74, 6) is -0.0335. The van der Waals surface area contributed by atoms with Crippen molar-refractivity contribution >= 4 is 45.2 Å². The molecule has 0 radical (unpaired) electrons. The highest BCUT2D eigenvalue weighted by molar-refractivity contribution is 7.17. The van der Waals surface area contributed by atoms with Gasteiger partial charge >= 0.3 is 0 Å². The minimum atomic E-state index is -0.0335. The molecule has 3 nitrogen and oxygen atoms in total. The summed E-state index contributed by atoms with van der Waals surface area (Å²) in [6, 6.07) is 12.0. The molecule has 1 fully saturated rings. The second kappa shape index (κ2) is 8.37. The molecular formula is C22H23ClN2OS2. The first-order chi connectivity index (χ1) is 13.5. The second-order valence-electron chi connectivity index (χ2n) is 7.15. The van der Waals surface area contributed by atoms with Crippen LogP contribution >= 0.6 is 34.3 Å². The van der Waals surface area contributed by atoms with Crippen LogP contribution in [0.2, 0.25) is 5.02 Å². The van der Waals surface area contributed by atoms with E-state index in [1.807, 2.05) is 29.6 Å². The molecule has 1 amide bonds. The number of thiophene rings is 2. The number of hydrogen-bond donors (Lipinski definition) is 1. The molecule has 3 heterocycles. The lowest BCUT2D eigenvalue weighted by molar-refractivity contribution is 0.103. The molecule has 1 aliphatic rings. The highest BCUT2D eigenvalue weighted by Crippen LogP contribution is 2.43. The number of aryl methyl sites for hydroxylation is 1. The minimum Gasteiger partial charge on any atom is -0.313 e. The van der Waals surface area contributed by atoms with E-state index in [0.29, 0.717) is 0 Å². The van der Waals surface area contributed by atoms with Crippen molar-refractivity contribution in [1.29, 1.82) is 0 Å². The van der Waals surface area contributed by atoms with E-state index >= 15 is 0 Å². The van der Waals surface area contributed by atoms with Crippen LogP contribution in [0.15, 0.2) is 41.8 Å². The van der Waals surface area contributed by atoms with Crippen LogP contribution < -0.4 is 5.32 Å². The number of likely N-dealkylation sites (tertiary alicyclic amines) is 1. The van der Waals surface area contributed by atoms with Crippen LogP contribution in [0.3, 0.4) is 0 Å². The first-order valence-corrected chi connectivity index (χ1v) is 11.6. The van der Waals surface area contributed by atoms with E-state index in [-0.39, 0.29) is 11.9 Å². The average molecular weight is 431 g/mol. The summed E-state index contributed by atoms with van der Waals surface area (Å²) in [6.45, 7) is 6.44. The van der Waals surface area contributed by atoms with Crippen molar-refractivity contribution < 1.29 is 4.79 Å². The molecule has 28 heavy (non-hydrogen) atoms. The highest BCUT2D eigenvalue weighted by Gasteiger charge is 2.31. The smallest absolute Gasteiger partial charge is 0.266 e. The number of halogens is 1. The SMILES string of the molecule is Cc1sc(NC(=O)c2cccs2)c([C@@H](c2ccc(Cl)cc2)N2CCCC2)c1C. The van der Waals surface area contributed by atoms with Crippen LogP contribution in [0.5, 0.6) is 0 Å². The molecule has 4 rings (SSSR count). The molecule has 6 heteroatoms. The van der Waals surface area contributed by atoms with Gasteiger partial charge in [-0.2, -0.15) is 0 Å². The van der Waals surface area contributed by atoms with Gasteiger partial charge in [-0.15, -0.1) is 22.7 Å². The summed E-state index contributed by atoms with van der Waals surface area (Å²) >= 11 is 9.29. The second-order valence-corrected chi connectivity index (χ2v) is 9.76. The molecule has 0 spiro atoms. The molecule has 2 aromatic heterocycles. The molecule has 1 atom stereocenters. The molecule has 0 bridgehead atoms. The number of nitrogens with one attached hydrogen (secondary N) is 1. The summed E-state index contributed by atoms with van der Waals surface area (Å²) < 4.78 is 0. The van der Waals surface area contributed by atoms with Gasteiger partial charge in [0, 0.05) is 15.5 Å². The molecule has 1 saturated heterocycles. The fourth-order valence-electron chi connectivity index (χ4n) is 3.84. The predicted molar refractivity (Wildman–Crippen MR) is 120 cm³/mol. The van der Waals surface area contributed by atoms with E-state index in [9.17, 15) is 4.79 Å². The summed E-state index contributed by atoms with van der Waals surface area (Å²) in [5.41, 5.74) is 3.70. The van der Waals surface area contributed by atoms with Crippen LogP contribution in [-0.4, -0.2) is 23.9 Å². The number of carbonyl (C=O) groups is 1. The van der Waals surface area contributed by atoms with Crippen LogP contribution in [0.25, 0.3) is 0 Å². The van der Waals surface area contributed by atoms with Crippen LogP contribution in [-0.2, 0) is 0 Å². The van der Waals surface area contributed by atoms with Gasteiger partial charge in [0.2, 0.25) is 0 Å². The van der Waals surface area contributed by atoms with Crippen molar-refractivity contribution in [3.8, 4) is 0 Å². The Morgan fingerprint density at radius 2 is 1.86 bits per heavy atom. The van der Waals surface area contributed by atoms with Gasteiger partial charge in [-0.1, -0.05) is 29.8 Å². The third-order valence-corrected chi connectivity index (χ3v) is 7.63. The summed E-state index contributed by atoms with van der Waals surface area (Å²) in [5, 5.41) is 6.83. The Bertz CT molecular complexity index is 957. The minimum absolute atomic E-state index is 0.0335. The lowest BCUT2D eigenvalue weighted by Crippen LogP contribution is -2.27. The lowest BCUT2D eigenvalue weighted by Gasteiger charge is -2.29. The van der Waals surface area contributed by atoms with Crippen LogP contribution in [0.4, 0.5) is 5.00 Å². The third-order valence-electron chi connectivity index (χ3n) is 5.37. The van der Waals surface area contributed by atoms with Gasteiger partial charge in [-0.25, -0.2) is 0 Å². The van der Waals surface area contributed by atoms with Gasteiger partial charge in [0.05, 0.1) is 10.9 Å². The van der Waals surface area contributed by atoms with Crippen molar-refractivity contribution in [2.45, 2.75) is 32.7 Å². The topological polar surface area (TPSA) is 32.3 Å². The van der Waals surface area contributed by atoms with Gasteiger partial charge in [0.1, 0.15) is 5.00 Å². The number of amides is 1. The first-order valence-electron chi connectivity index (χ1n) is 9.49. The van der Waals surface area contributed by atoms with Crippen molar-refractivity contribution in [3.05, 3.63) is 73.2 Å². The maximum absolute atomic E-state index is 12.7. The zero-order valence-corrected chi connectivity index (χ0v) is 18.4. The van der Waals surface area contributed by atoms with E-state index in [1.54, 1.807) is 11.3 Å². The Hall–Kier alpha value is -1.66. The van der Waals surface area contributed by atoms with Crippen molar-refractivity contribution in [3.63, 3.8) is 0 Å². The highest BCUT2D eigenvalue weighted by atomic mass is 35.5. The zero-order valence-electron chi connectivity index (χ0n) is 16.0. The average Bonchev–Trinajstić information content (AvgIpc) is 3.43. The van der Waals surface area contributed by atoms with Gasteiger partial charge < -0.3 is 5.32 Å². The molecular weight excluding hydrogens is 408 g/mol. The number of carbonyl (C=O) groups excluding carboxylic acids is 1. The summed E-state index contributed by atoms with van der Waals surface area (Å²) in [6.07, 6.45) is 2.42. The number of nitrogens with zero attached hydrogens (tertiary/aromatic N) is 1. The van der Waals surface area contributed by atoms with Crippen LogP contribution in [0.1, 0.15) is 50.1 Å². The Morgan fingerprint density at radius 3 is 2.50 bits per heavy atom. The Morgan fingerprint density at radius 1 is 1.14 bits per heavy atom. The Kier molecular flexibility index (Phi) is 5.88. The number of hydrogen-bond acceptors (Lipinski definition) is 4. The van der Waals surface area contributed by atoms with Gasteiger partial charge in [-0.05, 0) is 74.5 Å². The van der Waals surface area contributed by atoms with E-state index in [4.69, 9.17) is 11.6 Å². The standard InChI is InChI=1S/C22H23ClN2OS2/c1-14-15(2)28-22(24-21(26)18-6-5-13-27-18)19(14)20(25-11-3-4-12-25)16-7-9-17(23)10-8-16/h5-10,13,20H,3-4,11-12H2,1-2H3,(H,24,26)/t20-/m1/s1. The summed E-state index contributed by atoms with van der Waals surface area (Å²) in [7, 11) is 0. The largest absolute Gasteiger partial charge is 0.313 e. The maximum atomic E-state index is 12.7. The van der Waals surface area contributed by atoms with E-state index < -0.39 is 0 Å².